The standard InChI is InChI=1S/C18H20ClNO3S/c1-13(20(2)11-18(21)22)12-23-16-8-3-4-9-17(16)24-15-7-5-6-14(19)10-15/h3-10,13H,11-12H2,1-2H3,(H,21,22)/t13-/m0/s1. The molecule has 0 aliphatic heterocycles. The average Bonchev–Trinajstić information content (AvgIpc) is 2.53. The van der Waals surface area contributed by atoms with Crippen LogP contribution in [0.1, 0.15) is 6.92 Å². The second kappa shape index (κ2) is 8.97. The summed E-state index contributed by atoms with van der Waals surface area (Å²) in [7, 11) is 1.77. The molecule has 6 heteroatoms. The molecule has 4 nitrogen and oxygen atoms in total. The molecular weight excluding hydrogens is 346 g/mol. The van der Waals surface area contributed by atoms with Crippen LogP contribution >= 0.6 is 23.4 Å². The summed E-state index contributed by atoms with van der Waals surface area (Å²) < 4.78 is 5.92. The molecule has 0 aliphatic rings. The van der Waals surface area contributed by atoms with Gasteiger partial charge in [-0.2, -0.15) is 0 Å². The van der Waals surface area contributed by atoms with Gasteiger partial charge >= 0.3 is 5.97 Å². The summed E-state index contributed by atoms with van der Waals surface area (Å²) in [5.74, 6) is -0.0701. The number of hydrogen-bond acceptors (Lipinski definition) is 4. The number of carbonyl (C=O) groups is 1. The Hall–Kier alpha value is -1.69. The minimum absolute atomic E-state index is 0.00896. The first-order chi connectivity index (χ1) is 11.5. The van der Waals surface area contributed by atoms with Gasteiger partial charge in [0.15, 0.2) is 0 Å². The molecule has 0 fully saturated rings. The Bertz CT molecular complexity index is 695. The number of halogens is 1. The molecule has 1 atom stereocenters. The SMILES string of the molecule is C[C@@H](COc1ccccc1Sc1cccc(Cl)c1)N(C)CC(=O)O. The van der Waals surface area contributed by atoms with Gasteiger partial charge in [0, 0.05) is 16.0 Å². The van der Waals surface area contributed by atoms with E-state index in [9.17, 15) is 4.79 Å². The highest BCUT2D eigenvalue weighted by Crippen LogP contribution is 2.35. The first kappa shape index (κ1) is 18.6. The second-order valence-electron chi connectivity index (χ2n) is 5.48. The van der Waals surface area contributed by atoms with E-state index >= 15 is 0 Å². The maximum Gasteiger partial charge on any atom is 0.317 e. The van der Waals surface area contributed by atoms with Gasteiger partial charge in [-0.25, -0.2) is 0 Å². The first-order valence-electron chi connectivity index (χ1n) is 7.53. The van der Waals surface area contributed by atoms with Crippen molar-refractivity contribution in [2.45, 2.75) is 22.8 Å². The normalized spacial score (nSPS) is 12.2. The molecule has 0 heterocycles. The number of nitrogens with zero attached hydrogens (tertiary/aromatic N) is 1. The Kier molecular flexibility index (Phi) is 6.97. The van der Waals surface area contributed by atoms with E-state index in [2.05, 4.69) is 0 Å². The zero-order valence-electron chi connectivity index (χ0n) is 13.6. The number of carboxylic acid groups (broad SMARTS) is 1. The molecule has 0 aliphatic carbocycles. The molecule has 0 saturated carbocycles. The predicted octanol–water partition coefficient (Wildman–Crippen LogP) is 4.27. The number of carboxylic acids is 1. The lowest BCUT2D eigenvalue weighted by molar-refractivity contribution is -0.138. The minimum atomic E-state index is -0.846. The molecule has 128 valence electrons. The lowest BCUT2D eigenvalue weighted by Gasteiger charge is -2.23. The van der Waals surface area contributed by atoms with Gasteiger partial charge in [0.25, 0.3) is 0 Å². The quantitative estimate of drug-likeness (QED) is 0.756. The van der Waals surface area contributed by atoms with Gasteiger partial charge < -0.3 is 9.84 Å². The molecule has 2 rings (SSSR count). The van der Waals surface area contributed by atoms with Crippen molar-refractivity contribution in [3.05, 3.63) is 53.6 Å². The third kappa shape index (κ3) is 5.74. The van der Waals surface area contributed by atoms with Gasteiger partial charge in [-0.15, -0.1) is 0 Å². The van der Waals surface area contributed by atoms with Crippen LogP contribution < -0.4 is 4.74 Å². The van der Waals surface area contributed by atoms with Crippen molar-refractivity contribution >= 4 is 29.3 Å². The molecule has 0 bridgehead atoms. The molecule has 0 saturated heterocycles. The van der Waals surface area contributed by atoms with E-state index in [1.807, 2.05) is 55.5 Å². The maximum absolute atomic E-state index is 10.8. The Balaban J connectivity index is 2.02. The van der Waals surface area contributed by atoms with Crippen LogP contribution in [0.3, 0.4) is 0 Å². The number of para-hydroxylation sites is 1. The monoisotopic (exact) mass is 365 g/mol. The highest BCUT2D eigenvalue weighted by molar-refractivity contribution is 7.99. The molecule has 24 heavy (non-hydrogen) atoms. The van der Waals surface area contributed by atoms with Gasteiger partial charge in [-0.3, -0.25) is 9.69 Å². The van der Waals surface area contributed by atoms with E-state index in [-0.39, 0.29) is 12.6 Å². The lowest BCUT2D eigenvalue weighted by atomic mass is 10.3. The fourth-order valence-electron chi connectivity index (χ4n) is 2.02. The summed E-state index contributed by atoms with van der Waals surface area (Å²) in [4.78, 5) is 14.6. The number of aliphatic carboxylic acids is 1. The van der Waals surface area contributed by atoms with E-state index in [0.717, 1.165) is 15.5 Å². The highest BCUT2D eigenvalue weighted by Gasteiger charge is 2.14. The van der Waals surface area contributed by atoms with Crippen molar-refractivity contribution in [2.24, 2.45) is 0 Å². The molecule has 2 aromatic rings. The number of hydrogen-bond donors (Lipinski definition) is 1. The molecule has 2 aromatic carbocycles. The number of likely N-dealkylation sites (N-methyl/N-ethyl adjacent to an activating group) is 1. The van der Waals surface area contributed by atoms with Gasteiger partial charge in [0.1, 0.15) is 12.4 Å². The lowest BCUT2D eigenvalue weighted by Crippen LogP contribution is -2.37. The molecule has 0 unspecified atom stereocenters. The van der Waals surface area contributed by atoms with Gasteiger partial charge in [-0.1, -0.05) is 41.6 Å². The van der Waals surface area contributed by atoms with Crippen LogP contribution in [0.15, 0.2) is 58.3 Å². The van der Waals surface area contributed by atoms with Gasteiger partial charge in [0.05, 0.1) is 11.4 Å². The predicted molar refractivity (Wildman–Crippen MR) is 97.2 cm³/mol. The number of ether oxygens (including phenoxy) is 1. The Morgan fingerprint density at radius 3 is 2.75 bits per heavy atom. The van der Waals surface area contributed by atoms with Crippen LogP contribution in [0, 0.1) is 0 Å². The fourth-order valence-corrected chi connectivity index (χ4v) is 3.23. The molecule has 0 aromatic heterocycles. The van der Waals surface area contributed by atoms with Crippen molar-refractivity contribution in [3.8, 4) is 5.75 Å². The van der Waals surface area contributed by atoms with E-state index in [4.69, 9.17) is 21.4 Å². The van der Waals surface area contributed by atoms with E-state index in [0.29, 0.717) is 11.6 Å². The zero-order valence-corrected chi connectivity index (χ0v) is 15.2. The van der Waals surface area contributed by atoms with Crippen LogP contribution in [0.2, 0.25) is 5.02 Å². The van der Waals surface area contributed by atoms with Crippen molar-refractivity contribution in [3.63, 3.8) is 0 Å². The smallest absolute Gasteiger partial charge is 0.317 e. The summed E-state index contributed by atoms with van der Waals surface area (Å²) in [5.41, 5.74) is 0. The van der Waals surface area contributed by atoms with Crippen LogP contribution in [-0.2, 0) is 4.79 Å². The van der Waals surface area contributed by atoms with Gasteiger partial charge in [-0.05, 0) is 44.3 Å². The Labute approximate surface area is 151 Å². The number of rotatable bonds is 8. The summed E-state index contributed by atoms with van der Waals surface area (Å²) in [6, 6.07) is 15.4. The summed E-state index contributed by atoms with van der Waals surface area (Å²) >= 11 is 7.61. The third-order valence-corrected chi connectivity index (χ3v) is 4.77. The molecule has 0 spiro atoms. The topological polar surface area (TPSA) is 49.8 Å². The largest absolute Gasteiger partial charge is 0.491 e. The maximum atomic E-state index is 10.8. The first-order valence-corrected chi connectivity index (χ1v) is 8.72. The highest BCUT2D eigenvalue weighted by atomic mass is 35.5. The second-order valence-corrected chi connectivity index (χ2v) is 7.03. The van der Waals surface area contributed by atoms with E-state index in [1.165, 1.54) is 0 Å². The van der Waals surface area contributed by atoms with E-state index < -0.39 is 5.97 Å². The molecule has 0 amide bonds. The Morgan fingerprint density at radius 2 is 2.04 bits per heavy atom. The number of benzene rings is 2. The van der Waals surface area contributed by atoms with Crippen LogP contribution in [0.25, 0.3) is 0 Å². The molecular formula is C18H20ClNO3S. The van der Waals surface area contributed by atoms with Crippen molar-refractivity contribution in [1.82, 2.24) is 4.90 Å². The zero-order chi connectivity index (χ0) is 17.5. The average molecular weight is 366 g/mol. The summed E-state index contributed by atoms with van der Waals surface area (Å²) in [6.45, 7) is 2.34. The minimum Gasteiger partial charge on any atom is -0.491 e. The fraction of sp³-hybridized carbons (Fsp3) is 0.278. The summed E-state index contributed by atoms with van der Waals surface area (Å²) in [5, 5.41) is 9.55. The van der Waals surface area contributed by atoms with Crippen molar-refractivity contribution < 1.29 is 14.6 Å². The summed E-state index contributed by atoms with van der Waals surface area (Å²) in [6.07, 6.45) is 0. The van der Waals surface area contributed by atoms with Crippen molar-refractivity contribution in [2.75, 3.05) is 20.2 Å². The van der Waals surface area contributed by atoms with E-state index in [1.54, 1.807) is 23.7 Å². The third-order valence-electron chi connectivity index (χ3n) is 3.49. The van der Waals surface area contributed by atoms with Crippen LogP contribution in [0.5, 0.6) is 5.75 Å². The van der Waals surface area contributed by atoms with Crippen LogP contribution in [0.4, 0.5) is 0 Å². The molecule has 0 radical (unpaired) electrons. The Morgan fingerprint density at radius 1 is 1.29 bits per heavy atom. The molecule has 1 N–H and O–H groups in total. The van der Waals surface area contributed by atoms with Gasteiger partial charge in [0.2, 0.25) is 0 Å². The van der Waals surface area contributed by atoms with Crippen molar-refractivity contribution in [1.29, 1.82) is 0 Å². The van der Waals surface area contributed by atoms with Crippen LogP contribution in [-0.4, -0.2) is 42.2 Å².